The molecule has 1 aliphatic heterocycles. The third kappa shape index (κ3) is 3.32. The summed E-state index contributed by atoms with van der Waals surface area (Å²) in [4.78, 5) is 23.6. The normalized spacial score (nSPS) is 24.8. The van der Waals surface area contributed by atoms with E-state index in [0.29, 0.717) is 12.8 Å². The molecule has 0 aromatic heterocycles. The summed E-state index contributed by atoms with van der Waals surface area (Å²) >= 11 is 3.48. The van der Waals surface area contributed by atoms with Crippen LogP contribution < -0.4 is 0 Å². The van der Waals surface area contributed by atoms with E-state index in [9.17, 15) is 9.59 Å². The van der Waals surface area contributed by atoms with Crippen LogP contribution in [0.1, 0.15) is 32.1 Å². The molecule has 0 radical (unpaired) electrons. The van der Waals surface area contributed by atoms with Crippen LogP contribution in [0.4, 0.5) is 0 Å². The first-order chi connectivity index (χ1) is 8.72. The van der Waals surface area contributed by atoms with Crippen LogP contribution >= 0.6 is 23.5 Å². The van der Waals surface area contributed by atoms with Crippen LogP contribution in [0.5, 0.6) is 0 Å². The first-order valence-electron chi connectivity index (χ1n) is 6.32. The third-order valence-electron chi connectivity index (χ3n) is 3.27. The molecule has 0 aromatic rings. The van der Waals surface area contributed by atoms with Crippen molar-refractivity contribution in [2.45, 2.75) is 32.1 Å². The average molecular weight is 286 g/mol. The van der Waals surface area contributed by atoms with Gasteiger partial charge < -0.3 is 4.74 Å². The number of carbonyl (C=O) groups excluding carboxylic acids is 2. The second-order valence-electron chi connectivity index (χ2n) is 4.58. The van der Waals surface area contributed by atoms with E-state index >= 15 is 0 Å². The number of hydrogen-bond acceptors (Lipinski definition) is 5. The molecule has 0 aromatic carbocycles. The van der Waals surface area contributed by atoms with Gasteiger partial charge >= 0.3 is 5.97 Å². The summed E-state index contributed by atoms with van der Waals surface area (Å²) < 4.78 is 6.01. The van der Waals surface area contributed by atoms with Crippen LogP contribution in [0.25, 0.3) is 0 Å². The Bertz CT molecular complexity index is 368. The van der Waals surface area contributed by atoms with Gasteiger partial charge in [0.1, 0.15) is 5.78 Å². The molecular formula is C13H18O3S2. The lowest BCUT2D eigenvalue weighted by atomic mass is 9.83. The zero-order valence-electron chi connectivity index (χ0n) is 10.6. The summed E-state index contributed by atoms with van der Waals surface area (Å²) in [6.07, 6.45) is 4.18. The second kappa shape index (κ2) is 6.66. The summed E-state index contributed by atoms with van der Waals surface area (Å²) in [6.45, 7) is 0. The van der Waals surface area contributed by atoms with E-state index in [0.717, 1.165) is 34.2 Å². The zero-order valence-corrected chi connectivity index (χ0v) is 12.2. The molecule has 1 heterocycles. The van der Waals surface area contributed by atoms with Crippen LogP contribution in [0, 0.1) is 5.92 Å². The van der Waals surface area contributed by atoms with Crippen LogP contribution in [0.2, 0.25) is 0 Å². The van der Waals surface area contributed by atoms with Crippen molar-refractivity contribution in [2.75, 3.05) is 18.6 Å². The minimum atomic E-state index is -0.244. The molecule has 18 heavy (non-hydrogen) atoms. The number of esters is 1. The van der Waals surface area contributed by atoms with Gasteiger partial charge in [0.05, 0.1) is 16.9 Å². The van der Waals surface area contributed by atoms with Crippen molar-refractivity contribution in [3.63, 3.8) is 0 Å². The summed E-state index contributed by atoms with van der Waals surface area (Å²) in [6, 6.07) is 0. The number of ether oxygens (including phenoxy) is 1. The van der Waals surface area contributed by atoms with E-state index in [1.807, 2.05) is 0 Å². The number of ketones is 1. The molecule has 3 nitrogen and oxygen atoms in total. The van der Waals surface area contributed by atoms with E-state index in [1.165, 1.54) is 13.5 Å². The van der Waals surface area contributed by atoms with Gasteiger partial charge in [-0.1, -0.05) is 0 Å². The lowest BCUT2D eigenvalue weighted by Crippen LogP contribution is -2.23. The van der Waals surface area contributed by atoms with Crippen molar-refractivity contribution in [1.29, 1.82) is 0 Å². The fourth-order valence-corrected chi connectivity index (χ4v) is 5.16. The van der Waals surface area contributed by atoms with Crippen molar-refractivity contribution in [3.05, 3.63) is 9.81 Å². The molecule has 1 saturated heterocycles. The van der Waals surface area contributed by atoms with Crippen molar-refractivity contribution >= 4 is 35.3 Å². The van der Waals surface area contributed by atoms with Crippen LogP contribution in [0.3, 0.4) is 0 Å². The van der Waals surface area contributed by atoms with Gasteiger partial charge in [-0.25, -0.2) is 4.79 Å². The van der Waals surface area contributed by atoms with Gasteiger partial charge in [0.2, 0.25) is 0 Å². The lowest BCUT2D eigenvalue weighted by Gasteiger charge is -2.25. The number of rotatable bonds is 2. The Balaban J connectivity index is 2.23. The average Bonchev–Trinajstić information content (AvgIpc) is 2.40. The standard InChI is InChI=1S/C13H18O3S2/c1-16-12(15)11(13-17-6-3-7-18-13)9-4-2-5-10(14)8-9/h9H,2-8H2,1H3. The molecule has 2 aliphatic rings. The second-order valence-corrected chi connectivity index (χ2v) is 7.04. The molecule has 1 atom stereocenters. The molecule has 1 aliphatic carbocycles. The molecule has 1 saturated carbocycles. The Morgan fingerprint density at radius 2 is 2.00 bits per heavy atom. The van der Waals surface area contributed by atoms with Gasteiger partial charge in [-0.15, -0.1) is 23.5 Å². The predicted molar refractivity (Wildman–Crippen MR) is 75.5 cm³/mol. The van der Waals surface area contributed by atoms with E-state index in [-0.39, 0.29) is 17.7 Å². The smallest absolute Gasteiger partial charge is 0.335 e. The maximum absolute atomic E-state index is 12.0. The molecule has 2 fully saturated rings. The Morgan fingerprint density at radius 1 is 1.28 bits per heavy atom. The first kappa shape index (κ1) is 14.0. The summed E-state index contributed by atoms with van der Waals surface area (Å²) in [7, 11) is 1.42. The number of carbonyl (C=O) groups is 2. The van der Waals surface area contributed by atoms with Gasteiger partial charge in [-0.3, -0.25) is 4.79 Å². The van der Waals surface area contributed by atoms with E-state index in [2.05, 4.69) is 0 Å². The molecule has 2 rings (SSSR count). The maximum atomic E-state index is 12.0. The van der Waals surface area contributed by atoms with Gasteiger partial charge in [0.25, 0.3) is 0 Å². The summed E-state index contributed by atoms with van der Waals surface area (Å²) in [5.41, 5.74) is 0.764. The molecular weight excluding hydrogens is 268 g/mol. The fraction of sp³-hybridized carbons (Fsp3) is 0.692. The van der Waals surface area contributed by atoms with Crippen LogP contribution in [-0.4, -0.2) is 30.4 Å². The SMILES string of the molecule is COC(=O)C(=C1SCCCS1)C1CCCC(=O)C1. The largest absolute Gasteiger partial charge is 0.466 e. The monoisotopic (exact) mass is 286 g/mol. The van der Waals surface area contributed by atoms with Gasteiger partial charge in [0.15, 0.2) is 0 Å². The molecule has 0 spiro atoms. The maximum Gasteiger partial charge on any atom is 0.335 e. The third-order valence-corrected chi connectivity index (χ3v) is 5.93. The quantitative estimate of drug-likeness (QED) is 0.577. The van der Waals surface area contributed by atoms with Crippen molar-refractivity contribution in [2.24, 2.45) is 5.92 Å². The fourth-order valence-electron chi connectivity index (χ4n) is 2.38. The highest BCUT2D eigenvalue weighted by Crippen LogP contribution is 2.42. The molecule has 5 heteroatoms. The van der Waals surface area contributed by atoms with Crippen LogP contribution in [0.15, 0.2) is 9.81 Å². The molecule has 1 unspecified atom stereocenters. The Kier molecular flexibility index (Phi) is 5.18. The van der Waals surface area contributed by atoms with Crippen molar-refractivity contribution < 1.29 is 14.3 Å². The predicted octanol–water partition coefficient (Wildman–Crippen LogP) is 3.00. The minimum absolute atomic E-state index is 0.0757. The zero-order chi connectivity index (χ0) is 13.0. The topological polar surface area (TPSA) is 43.4 Å². The number of thioether (sulfide) groups is 2. The van der Waals surface area contributed by atoms with E-state index in [1.54, 1.807) is 23.5 Å². The highest BCUT2D eigenvalue weighted by molar-refractivity contribution is 8.22. The molecule has 0 amide bonds. The lowest BCUT2D eigenvalue weighted by molar-refractivity contribution is -0.137. The number of hydrogen-bond donors (Lipinski definition) is 0. The van der Waals surface area contributed by atoms with Crippen LogP contribution in [-0.2, 0) is 14.3 Å². The molecule has 100 valence electrons. The number of Topliss-reactive ketones (excluding diaryl/α,β-unsaturated/α-hetero) is 1. The Morgan fingerprint density at radius 3 is 2.61 bits per heavy atom. The highest BCUT2D eigenvalue weighted by Gasteiger charge is 2.31. The first-order valence-corrected chi connectivity index (χ1v) is 8.29. The minimum Gasteiger partial charge on any atom is -0.466 e. The molecule has 0 N–H and O–H groups in total. The van der Waals surface area contributed by atoms with Gasteiger partial charge in [-0.05, 0) is 36.7 Å². The Hall–Kier alpha value is -0.420. The van der Waals surface area contributed by atoms with Gasteiger partial charge in [0, 0.05) is 12.8 Å². The number of methoxy groups -OCH3 is 1. The Labute approximate surface area is 116 Å². The summed E-state index contributed by atoms with van der Waals surface area (Å²) in [5, 5.41) is 0. The van der Waals surface area contributed by atoms with E-state index < -0.39 is 0 Å². The van der Waals surface area contributed by atoms with E-state index in [4.69, 9.17) is 4.74 Å². The van der Waals surface area contributed by atoms with Gasteiger partial charge in [-0.2, -0.15) is 0 Å². The highest BCUT2D eigenvalue weighted by atomic mass is 32.2. The van der Waals surface area contributed by atoms with Crippen molar-refractivity contribution in [1.82, 2.24) is 0 Å². The van der Waals surface area contributed by atoms with Crippen molar-refractivity contribution in [3.8, 4) is 0 Å². The molecule has 0 bridgehead atoms. The summed E-state index contributed by atoms with van der Waals surface area (Å²) in [5.74, 6) is 2.23.